The highest BCUT2D eigenvalue weighted by molar-refractivity contribution is 7.89. The topological polar surface area (TPSA) is 66.5 Å². The van der Waals surface area contributed by atoms with Gasteiger partial charge in [0, 0.05) is 31.4 Å². The van der Waals surface area contributed by atoms with Crippen LogP contribution in [0.3, 0.4) is 0 Å². The van der Waals surface area contributed by atoms with E-state index in [4.69, 9.17) is 0 Å². The van der Waals surface area contributed by atoms with Gasteiger partial charge in [-0.15, -0.1) is 0 Å². The van der Waals surface area contributed by atoms with E-state index in [1.54, 1.807) is 24.3 Å². The summed E-state index contributed by atoms with van der Waals surface area (Å²) in [6, 6.07) is 12.0. The molecule has 0 atom stereocenters. The normalized spacial score (nSPS) is 11.8. The first-order chi connectivity index (χ1) is 11.3. The Morgan fingerprint density at radius 1 is 1.12 bits per heavy atom. The van der Waals surface area contributed by atoms with E-state index in [1.165, 1.54) is 50.5 Å². The molecule has 0 aliphatic rings. The first-order valence-electron chi connectivity index (χ1n) is 7.07. The molecule has 24 heavy (non-hydrogen) atoms. The molecule has 0 saturated carbocycles. The molecule has 2 aromatic carbocycles. The van der Waals surface area contributed by atoms with Gasteiger partial charge in [-0.05, 0) is 30.3 Å². The molecule has 0 spiro atoms. The van der Waals surface area contributed by atoms with Gasteiger partial charge in [-0.2, -0.15) is 0 Å². The van der Waals surface area contributed by atoms with E-state index < -0.39 is 21.7 Å². The number of halogens is 1. The maximum absolute atomic E-state index is 13.5. The predicted molar refractivity (Wildman–Crippen MR) is 91.4 cm³/mol. The first-order valence-corrected chi connectivity index (χ1v) is 8.51. The quantitative estimate of drug-likeness (QED) is 0.845. The molecule has 2 aromatic rings. The molecule has 0 fully saturated rings. The lowest BCUT2D eigenvalue weighted by atomic mass is 10.2. The number of anilines is 1. The SMILES string of the molecule is CN(C)S(=O)(=O)c1cccc(NC(=O)/C=C/c2ccccc2F)c1. The van der Waals surface area contributed by atoms with Crippen molar-refractivity contribution in [1.29, 1.82) is 0 Å². The van der Waals surface area contributed by atoms with E-state index in [2.05, 4.69) is 5.32 Å². The monoisotopic (exact) mass is 348 g/mol. The second-order valence-corrected chi connectivity index (χ2v) is 7.31. The van der Waals surface area contributed by atoms with Crippen LogP contribution in [0.2, 0.25) is 0 Å². The Balaban J connectivity index is 2.14. The van der Waals surface area contributed by atoms with Crippen LogP contribution in [0.1, 0.15) is 5.56 Å². The predicted octanol–water partition coefficient (Wildman–Crippen LogP) is 2.73. The van der Waals surface area contributed by atoms with Gasteiger partial charge < -0.3 is 5.32 Å². The number of hydrogen-bond donors (Lipinski definition) is 1. The number of nitrogens with zero attached hydrogens (tertiary/aromatic N) is 1. The molecule has 1 N–H and O–H groups in total. The number of hydrogen-bond acceptors (Lipinski definition) is 3. The molecule has 0 bridgehead atoms. The minimum Gasteiger partial charge on any atom is -0.322 e. The van der Waals surface area contributed by atoms with E-state index in [0.717, 1.165) is 4.31 Å². The largest absolute Gasteiger partial charge is 0.322 e. The van der Waals surface area contributed by atoms with Gasteiger partial charge in [0.05, 0.1) is 4.90 Å². The summed E-state index contributed by atoms with van der Waals surface area (Å²) in [5.74, 6) is -0.918. The lowest BCUT2D eigenvalue weighted by Crippen LogP contribution is -2.22. The zero-order valence-electron chi connectivity index (χ0n) is 13.2. The Hall–Kier alpha value is -2.51. The van der Waals surface area contributed by atoms with Crippen molar-refractivity contribution >= 4 is 27.7 Å². The fourth-order valence-corrected chi connectivity index (χ4v) is 2.85. The maximum Gasteiger partial charge on any atom is 0.248 e. The van der Waals surface area contributed by atoms with E-state index >= 15 is 0 Å². The fourth-order valence-electron chi connectivity index (χ4n) is 1.90. The highest BCUT2D eigenvalue weighted by Gasteiger charge is 2.17. The Kier molecular flexibility index (Phi) is 5.48. The van der Waals surface area contributed by atoms with Crippen LogP contribution in [0.5, 0.6) is 0 Å². The third-order valence-corrected chi connectivity index (χ3v) is 5.01. The van der Waals surface area contributed by atoms with Crippen molar-refractivity contribution in [2.24, 2.45) is 0 Å². The number of sulfonamides is 1. The molecule has 1 amide bonds. The minimum atomic E-state index is -3.58. The second-order valence-electron chi connectivity index (χ2n) is 5.16. The molecule has 0 radical (unpaired) electrons. The molecule has 0 saturated heterocycles. The number of carbonyl (C=O) groups is 1. The van der Waals surface area contributed by atoms with Gasteiger partial charge >= 0.3 is 0 Å². The Labute approximate surface area is 140 Å². The van der Waals surface area contributed by atoms with Crippen molar-refractivity contribution in [3.05, 3.63) is 66.0 Å². The number of carbonyl (C=O) groups excluding carboxylic acids is 1. The van der Waals surface area contributed by atoms with Gasteiger partial charge in [0.15, 0.2) is 0 Å². The third kappa shape index (κ3) is 4.27. The molecule has 0 aliphatic carbocycles. The Morgan fingerprint density at radius 3 is 2.50 bits per heavy atom. The summed E-state index contributed by atoms with van der Waals surface area (Å²) in [5, 5.41) is 2.55. The smallest absolute Gasteiger partial charge is 0.248 e. The summed E-state index contributed by atoms with van der Waals surface area (Å²) in [6.45, 7) is 0. The molecule has 7 heteroatoms. The van der Waals surface area contributed by atoms with E-state index in [-0.39, 0.29) is 10.5 Å². The summed E-state index contributed by atoms with van der Waals surface area (Å²) < 4.78 is 38.7. The van der Waals surface area contributed by atoms with Gasteiger partial charge in [0.2, 0.25) is 15.9 Å². The number of amides is 1. The van der Waals surface area contributed by atoms with Crippen molar-refractivity contribution in [3.8, 4) is 0 Å². The van der Waals surface area contributed by atoms with Crippen molar-refractivity contribution in [2.75, 3.05) is 19.4 Å². The average Bonchev–Trinajstić information content (AvgIpc) is 2.54. The van der Waals surface area contributed by atoms with Crippen LogP contribution in [0.25, 0.3) is 6.08 Å². The van der Waals surface area contributed by atoms with Gasteiger partial charge in [0.25, 0.3) is 0 Å². The van der Waals surface area contributed by atoms with Gasteiger partial charge in [-0.1, -0.05) is 24.3 Å². The summed E-state index contributed by atoms with van der Waals surface area (Å²) in [6.07, 6.45) is 2.54. The van der Waals surface area contributed by atoms with Gasteiger partial charge in [-0.3, -0.25) is 4.79 Å². The molecule has 0 heterocycles. The van der Waals surface area contributed by atoms with Crippen molar-refractivity contribution < 1.29 is 17.6 Å². The third-order valence-electron chi connectivity index (χ3n) is 3.20. The van der Waals surface area contributed by atoms with Crippen molar-refractivity contribution in [2.45, 2.75) is 4.90 Å². The van der Waals surface area contributed by atoms with Crippen LogP contribution in [0, 0.1) is 5.82 Å². The van der Waals surface area contributed by atoms with Crippen LogP contribution in [-0.4, -0.2) is 32.7 Å². The van der Waals surface area contributed by atoms with Crippen molar-refractivity contribution in [3.63, 3.8) is 0 Å². The van der Waals surface area contributed by atoms with E-state index in [0.29, 0.717) is 5.69 Å². The highest BCUT2D eigenvalue weighted by atomic mass is 32.2. The van der Waals surface area contributed by atoms with Crippen LogP contribution in [-0.2, 0) is 14.8 Å². The van der Waals surface area contributed by atoms with Crippen molar-refractivity contribution in [1.82, 2.24) is 4.31 Å². The second kappa shape index (κ2) is 7.37. The first kappa shape index (κ1) is 17.8. The molecule has 126 valence electrons. The molecular formula is C17H17FN2O3S. The Morgan fingerprint density at radius 2 is 1.83 bits per heavy atom. The summed E-state index contributed by atoms with van der Waals surface area (Å²) >= 11 is 0. The van der Waals surface area contributed by atoms with Crippen LogP contribution < -0.4 is 5.32 Å². The standard InChI is InChI=1S/C17H17FN2O3S/c1-20(2)24(22,23)15-8-5-7-14(12-15)19-17(21)11-10-13-6-3-4-9-16(13)18/h3-12H,1-2H3,(H,19,21)/b11-10+. The number of rotatable bonds is 5. The number of benzene rings is 2. The Bertz CT molecular complexity index is 877. The fraction of sp³-hybridized carbons (Fsp3) is 0.118. The zero-order chi connectivity index (χ0) is 17.7. The summed E-state index contributed by atoms with van der Waals surface area (Å²) in [4.78, 5) is 12.0. The molecule has 0 unspecified atom stereocenters. The molecule has 0 aliphatic heterocycles. The summed E-state index contributed by atoms with van der Waals surface area (Å²) in [5.41, 5.74) is 0.623. The van der Waals surface area contributed by atoms with Crippen LogP contribution in [0.15, 0.2) is 59.5 Å². The van der Waals surface area contributed by atoms with E-state index in [9.17, 15) is 17.6 Å². The highest BCUT2D eigenvalue weighted by Crippen LogP contribution is 2.18. The van der Waals surface area contributed by atoms with Gasteiger partial charge in [-0.25, -0.2) is 17.1 Å². The van der Waals surface area contributed by atoms with Crippen LogP contribution >= 0.6 is 0 Å². The zero-order valence-corrected chi connectivity index (χ0v) is 14.0. The summed E-state index contributed by atoms with van der Waals surface area (Å²) in [7, 11) is -0.725. The minimum absolute atomic E-state index is 0.0726. The van der Waals surface area contributed by atoms with E-state index in [1.807, 2.05) is 0 Å². The molecule has 0 aromatic heterocycles. The van der Waals surface area contributed by atoms with Gasteiger partial charge in [0.1, 0.15) is 5.82 Å². The number of nitrogens with one attached hydrogen (secondary N) is 1. The molecular weight excluding hydrogens is 331 g/mol. The van der Waals surface area contributed by atoms with Crippen LogP contribution in [0.4, 0.5) is 10.1 Å². The molecule has 5 nitrogen and oxygen atoms in total. The lowest BCUT2D eigenvalue weighted by molar-refractivity contribution is -0.111. The molecule has 2 rings (SSSR count). The lowest BCUT2D eigenvalue weighted by Gasteiger charge is -2.12. The average molecular weight is 348 g/mol. The maximum atomic E-state index is 13.5.